The van der Waals surface area contributed by atoms with Gasteiger partial charge in [0.15, 0.2) is 17.8 Å². The molecule has 0 unspecified atom stereocenters. The van der Waals surface area contributed by atoms with E-state index in [9.17, 15) is 40.5 Å². The number of aliphatic hydroxyl groups is 6. The van der Waals surface area contributed by atoms with Crippen molar-refractivity contribution in [2.45, 2.75) is 42.9 Å². The van der Waals surface area contributed by atoms with Gasteiger partial charge in [-0.25, -0.2) is 4.79 Å². The summed E-state index contributed by atoms with van der Waals surface area (Å²) in [5, 5.41) is 76.3. The zero-order valence-corrected chi connectivity index (χ0v) is 16.3. The molecule has 0 spiro atoms. The van der Waals surface area contributed by atoms with Crippen LogP contribution >= 0.6 is 0 Å². The van der Waals surface area contributed by atoms with Crippen LogP contribution in [0.25, 0.3) is 6.08 Å². The summed E-state index contributed by atoms with van der Waals surface area (Å²) in [7, 11) is 0. The van der Waals surface area contributed by atoms with Crippen LogP contribution in [0.5, 0.6) is 11.5 Å². The van der Waals surface area contributed by atoms with E-state index in [1.165, 1.54) is 24.3 Å². The van der Waals surface area contributed by atoms with Crippen molar-refractivity contribution in [1.29, 1.82) is 0 Å². The van der Waals surface area contributed by atoms with Crippen molar-refractivity contribution in [3.8, 4) is 11.5 Å². The van der Waals surface area contributed by atoms with Gasteiger partial charge in [0.2, 0.25) is 0 Å². The van der Waals surface area contributed by atoms with E-state index in [-0.39, 0.29) is 11.5 Å². The van der Waals surface area contributed by atoms with Crippen LogP contribution in [-0.2, 0) is 19.0 Å². The van der Waals surface area contributed by atoms with Gasteiger partial charge in [0.05, 0.1) is 13.2 Å². The van der Waals surface area contributed by atoms with Crippen LogP contribution in [0.4, 0.5) is 0 Å². The fourth-order valence-electron chi connectivity index (χ4n) is 2.64. The Morgan fingerprint density at radius 1 is 1.06 bits per heavy atom. The minimum atomic E-state index is -1.71. The van der Waals surface area contributed by atoms with Crippen LogP contribution in [0, 0.1) is 0 Å². The lowest BCUT2D eigenvalue weighted by atomic mass is 9.99. The van der Waals surface area contributed by atoms with Crippen molar-refractivity contribution in [3.63, 3.8) is 0 Å². The van der Waals surface area contributed by atoms with Gasteiger partial charge in [-0.05, 0) is 23.8 Å². The fraction of sp³-hybridized carbons (Fsp3) is 0.526. The van der Waals surface area contributed by atoms with Crippen LogP contribution in [0.15, 0.2) is 24.3 Å². The fourth-order valence-corrected chi connectivity index (χ4v) is 2.64. The summed E-state index contributed by atoms with van der Waals surface area (Å²) in [6, 6.07) is 3.89. The number of hydrogen-bond acceptors (Lipinski definition) is 12. The van der Waals surface area contributed by atoms with Gasteiger partial charge in [0.25, 0.3) is 0 Å². The lowest BCUT2D eigenvalue weighted by molar-refractivity contribution is -0.306. The Hall–Kier alpha value is -2.29. The smallest absolute Gasteiger partial charge is 0.330 e. The molecule has 12 heteroatoms. The number of hydrogen-bond donors (Lipinski definition) is 8. The van der Waals surface area contributed by atoms with E-state index in [4.69, 9.17) is 19.3 Å². The van der Waals surface area contributed by atoms with Crippen molar-refractivity contribution in [2.75, 3.05) is 19.8 Å². The second kappa shape index (κ2) is 11.4. The number of phenols is 2. The third kappa shape index (κ3) is 6.85. The van der Waals surface area contributed by atoms with E-state index in [2.05, 4.69) is 0 Å². The van der Waals surface area contributed by atoms with E-state index in [0.717, 1.165) is 6.08 Å². The molecular formula is C19H26O12. The molecule has 174 valence electrons. The molecule has 1 aliphatic heterocycles. The lowest BCUT2D eigenvalue weighted by Crippen LogP contribution is -2.59. The molecule has 1 saturated heterocycles. The Bertz CT molecular complexity index is 753. The summed E-state index contributed by atoms with van der Waals surface area (Å²) in [5.41, 5.74) is 0.400. The maximum Gasteiger partial charge on any atom is 0.330 e. The first-order valence-electron chi connectivity index (χ1n) is 9.29. The maximum atomic E-state index is 11.9. The first-order valence-corrected chi connectivity index (χ1v) is 9.29. The third-order valence-corrected chi connectivity index (χ3v) is 4.53. The van der Waals surface area contributed by atoms with E-state index in [0.29, 0.717) is 5.56 Å². The Morgan fingerprint density at radius 3 is 2.42 bits per heavy atom. The topological polar surface area (TPSA) is 207 Å². The predicted molar refractivity (Wildman–Crippen MR) is 101 cm³/mol. The number of benzene rings is 1. The van der Waals surface area contributed by atoms with Gasteiger partial charge in [-0.15, -0.1) is 0 Å². The van der Waals surface area contributed by atoms with Crippen molar-refractivity contribution in [2.24, 2.45) is 0 Å². The van der Waals surface area contributed by atoms with Gasteiger partial charge in [0, 0.05) is 6.08 Å². The predicted octanol–water partition coefficient (Wildman–Crippen LogP) is -2.81. The standard InChI is InChI=1S/C19H26O12/c20-6-12(23)13(24)7-30-19-18(28)17(27)16(26)14(31-19)8-29-15(25)4-2-9-1-3-10(21)11(22)5-9/h1-5,12-14,16-24,26-28H,6-8H2/b4-2+/t12-,13+,14-,16-,17+,18-,19-/m1/s1. The number of aliphatic hydroxyl groups excluding tert-OH is 6. The lowest BCUT2D eigenvalue weighted by Gasteiger charge is -2.40. The SMILES string of the molecule is O=C(/C=C/c1ccc(O)c(O)c1)OC[C@H]1O[C@@H](OC[C@H](O)[C@H](O)CO)[C@H](O)[C@@H](O)[C@@H]1O. The molecule has 0 bridgehead atoms. The average Bonchev–Trinajstić information content (AvgIpc) is 2.76. The summed E-state index contributed by atoms with van der Waals surface area (Å²) < 4.78 is 15.3. The summed E-state index contributed by atoms with van der Waals surface area (Å²) >= 11 is 0. The summed E-state index contributed by atoms with van der Waals surface area (Å²) in [5.74, 6) is -1.54. The molecule has 2 rings (SSSR count). The summed E-state index contributed by atoms with van der Waals surface area (Å²) in [6.07, 6.45) is -8.48. The van der Waals surface area contributed by atoms with Crippen LogP contribution in [0.3, 0.4) is 0 Å². The largest absolute Gasteiger partial charge is 0.504 e. The van der Waals surface area contributed by atoms with Crippen LogP contribution in [0.1, 0.15) is 5.56 Å². The first-order chi connectivity index (χ1) is 14.6. The molecule has 7 atom stereocenters. The molecule has 1 aromatic rings. The zero-order chi connectivity index (χ0) is 23.1. The third-order valence-electron chi connectivity index (χ3n) is 4.53. The number of carbonyl (C=O) groups is 1. The van der Waals surface area contributed by atoms with Crippen LogP contribution in [0.2, 0.25) is 0 Å². The van der Waals surface area contributed by atoms with Gasteiger partial charge < -0.3 is 55.1 Å². The van der Waals surface area contributed by atoms with Crippen molar-refractivity contribution < 1.29 is 59.9 Å². The molecule has 8 N–H and O–H groups in total. The van der Waals surface area contributed by atoms with Gasteiger partial charge >= 0.3 is 5.97 Å². The highest BCUT2D eigenvalue weighted by Crippen LogP contribution is 2.25. The first kappa shape index (κ1) is 25.0. The van der Waals surface area contributed by atoms with E-state index < -0.39 is 68.7 Å². The maximum absolute atomic E-state index is 11.9. The second-order valence-corrected chi connectivity index (χ2v) is 6.88. The number of rotatable bonds is 9. The van der Waals surface area contributed by atoms with E-state index in [1.807, 2.05) is 0 Å². The summed E-state index contributed by atoms with van der Waals surface area (Å²) in [4.78, 5) is 11.9. The van der Waals surface area contributed by atoms with Gasteiger partial charge in [-0.3, -0.25) is 0 Å². The molecule has 1 heterocycles. The molecule has 1 aliphatic rings. The van der Waals surface area contributed by atoms with Crippen LogP contribution in [-0.4, -0.2) is 110 Å². The number of esters is 1. The average molecular weight is 446 g/mol. The highest BCUT2D eigenvalue weighted by atomic mass is 16.7. The molecular weight excluding hydrogens is 420 g/mol. The molecule has 0 aromatic heterocycles. The van der Waals surface area contributed by atoms with Gasteiger partial charge in [0.1, 0.15) is 43.2 Å². The Morgan fingerprint density at radius 2 is 1.77 bits per heavy atom. The molecule has 0 amide bonds. The minimum Gasteiger partial charge on any atom is -0.504 e. The minimum absolute atomic E-state index is 0.320. The quantitative estimate of drug-likeness (QED) is 0.110. The second-order valence-electron chi connectivity index (χ2n) is 6.88. The Balaban J connectivity index is 1.90. The Kier molecular flexibility index (Phi) is 9.15. The number of aromatic hydroxyl groups is 2. The normalized spacial score (nSPS) is 28.4. The molecule has 1 aromatic carbocycles. The van der Waals surface area contributed by atoms with Gasteiger partial charge in [-0.1, -0.05) is 6.07 Å². The molecule has 0 radical (unpaired) electrons. The number of ether oxygens (including phenoxy) is 3. The Labute approximate surface area is 176 Å². The molecule has 0 saturated carbocycles. The monoisotopic (exact) mass is 446 g/mol. The van der Waals surface area contributed by atoms with Crippen molar-refractivity contribution in [1.82, 2.24) is 0 Å². The highest BCUT2D eigenvalue weighted by molar-refractivity contribution is 5.87. The molecule has 31 heavy (non-hydrogen) atoms. The van der Waals surface area contributed by atoms with Crippen molar-refractivity contribution in [3.05, 3.63) is 29.8 Å². The molecule has 12 nitrogen and oxygen atoms in total. The zero-order valence-electron chi connectivity index (χ0n) is 16.3. The van der Waals surface area contributed by atoms with Crippen LogP contribution < -0.4 is 0 Å². The number of phenolic OH excluding ortho intramolecular Hbond substituents is 2. The molecule has 1 fully saturated rings. The summed E-state index contributed by atoms with van der Waals surface area (Å²) in [6.45, 7) is -1.80. The number of carbonyl (C=O) groups excluding carboxylic acids is 1. The van der Waals surface area contributed by atoms with E-state index in [1.54, 1.807) is 0 Å². The van der Waals surface area contributed by atoms with Gasteiger partial charge in [-0.2, -0.15) is 0 Å². The van der Waals surface area contributed by atoms with E-state index >= 15 is 0 Å². The van der Waals surface area contributed by atoms with Crippen molar-refractivity contribution >= 4 is 12.0 Å². The molecule has 0 aliphatic carbocycles. The highest BCUT2D eigenvalue weighted by Gasteiger charge is 2.45.